The van der Waals surface area contributed by atoms with Gasteiger partial charge in [-0.15, -0.1) is 0 Å². The van der Waals surface area contributed by atoms with Crippen LogP contribution in [0.3, 0.4) is 0 Å². The predicted octanol–water partition coefficient (Wildman–Crippen LogP) is 1.26. The topological polar surface area (TPSA) is 77.6 Å². The number of hydrogen-bond donors (Lipinski definition) is 2. The summed E-state index contributed by atoms with van der Waals surface area (Å²) in [4.78, 5) is 32.7. The van der Waals surface area contributed by atoms with E-state index in [0.29, 0.717) is 5.69 Å². The van der Waals surface area contributed by atoms with Gasteiger partial charge in [-0.2, -0.15) is 0 Å². The van der Waals surface area contributed by atoms with E-state index < -0.39 is 11.8 Å². The molecule has 0 spiro atoms. The summed E-state index contributed by atoms with van der Waals surface area (Å²) < 4.78 is 13.3. The second-order valence-corrected chi connectivity index (χ2v) is 6.81. The average Bonchev–Trinajstić information content (AvgIpc) is 2.71. The molecule has 7 nitrogen and oxygen atoms in total. The SMILES string of the molecule is CN1CCN([C@H](CNC(=O)C(=O)Nc2cccnc2)c2ccc(F)cc2)CC1. The molecule has 1 aliphatic heterocycles. The minimum absolute atomic E-state index is 0.135. The number of piperazine rings is 1. The highest BCUT2D eigenvalue weighted by molar-refractivity contribution is 6.39. The van der Waals surface area contributed by atoms with Gasteiger partial charge < -0.3 is 15.5 Å². The zero-order chi connectivity index (χ0) is 19.9. The number of nitrogens with zero attached hydrogens (tertiary/aromatic N) is 3. The van der Waals surface area contributed by atoms with E-state index in [1.165, 1.54) is 18.3 Å². The van der Waals surface area contributed by atoms with Crippen LogP contribution in [-0.2, 0) is 9.59 Å². The van der Waals surface area contributed by atoms with Gasteiger partial charge in [-0.1, -0.05) is 12.1 Å². The molecule has 3 rings (SSSR count). The van der Waals surface area contributed by atoms with Gasteiger partial charge in [0.25, 0.3) is 0 Å². The molecule has 28 heavy (non-hydrogen) atoms. The third-order valence-electron chi connectivity index (χ3n) is 4.82. The Bertz CT molecular complexity index is 792. The molecule has 0 aliphatic carbocycles. The summed E-state index contributed by atoms with van der Waals surface area (Å²) in [5.74, 6) is -1.77. The highest BCUT2D eigenvalue weighted by Crippen LogP contribution is 2.22. The molecular formula is C20H24FN5O2. The number of halogens is 1. The van der Waals surface area contributed by atoms with Crippen molar-refractivity contribution in [1.29, 1.82) is 0 Å². The number of nitrogens with one attached hydrogen (secondary N) is 2. The Balaban J connectivity index is 1.64. The highest BCUT2D eigenvalue weighted by Gasteiger charge is 2.25. The lowest BCUT2D eigenvalue weighted by atomic mass is 10.0. The number of benzene rings is 1. The Kier molecular flexibility index (Phi) is 6.67. The maximum atomic E-state index is 13.3. The lowest BCUT2D eigenvalue weighted by Crippen LogP contribution is -2.49. The Labute approximate surface area is 163 Å². The van der Waals surface area contributed by atoms with Crippen LogP contribution in [0.4, 0.5) is 10.1 Å². The smallest absolute Gasteiger partial charge is 0.313 e. The second-order valence-electron chi connectivity index (χ2n) is 6.81. The largest absolute Gasteiger partial charge is 0.346 e. The van der Waals surface area contributed by atoms with Crippen molar-refractivity contribution in [3.8, 4) is 0 Å². The molecule has 0 saturated carbocycles. The Morgan fingerprint density at radius 2 is 1.82 bits per heavy atom. The average molecular weight is 385 g/mol. The first-order valence-electron chi connectivity index (χ1n) is 9.20. The van der Waals surface area contributed by atoms with Crippen LogP contribution >= 0.6 is 0 Å². The van der Waals surface area contributed by atoms with E-state index in [-0.39, 0.29) is 18.4 Å². The molecule has 0 unspecified atom stereocenters. The minimum atomic E-state index is -0.746. The molecule has 0 radical (unpaired) electrons. The number of pyridine rings is 1. The molecule has 1 aromatic carbocycles. The van der Waals surface area contributed by atoms with Crippen molar-refractivity contribution in [2.75, 3.05) is 45.1 Å². The first kappa shape index (κ1) is 19.9. The van der Waals surface area contributed by atoms with Crippen molar-refractivity contribution in [2.45, 2.75) is 6.04 Å². The summed E-state index contributed by atoms with van der Waals surface area (Å²) in [6, 6.07) is 9.46. The summed E-state index contributed by atoms with van der Waals surface area (Å²) in [6.45, 7) is 3.74. The summed E-state index contributed by atoms with van der Waals surface area (Å²) in [6.07, 6.45) is 3.05. The maximum absolute atomic E-state index is 13.3. The normalized spacial score (nSPS) is 16.4. The van der Waals surface area contributed by atoms with Gasteiger partial charge in [0.1, 0.15) is 5.82 Å². The third-order valence-corrected chi connectivity index (χ3v) is 4.82. The van der Waals surface area contributed by atoms with Gasteiger partial charge in [0, 0.05) is 38.9 Å². The van der Waals surface area contributed by atoms with Gasteiger partial charge in [0.05, 0.1) is 17.9 Å². The molecule has 1 fully saturated rings. The first-order valence-corrected chi connectivity index (χ1v) is 9.20. The fourth-order valence-corrected chi connectivity index (χ4v) is 3.17. The molecular weight excluding hydrogens is 361 g/mol. The minimum Gasteiger partial charge on any atom is -0.346 e. The van der Waals surface area contributed by atoms with E-state index in [9.17, 15) is 14.0 Å². The van der Waals surface area contributed by atoms with Gasteiger partial charge in [-0.3, -0.25) is 19.5 Å². The standard InChI is InChI=1S/C20H24FN5O2/c1-25-9-11-26(12-10-25)18(15-4-6-16(21)7-5-15)14-23-19(27)20(28)24-17-3-2-8-22-13-17/h2-8,13,18H,9-12,14H2,1H3,(H,23,27)(H,24,28)/t18-/m1/s1. The molecule has 148 valence electrons. The van der Waals surface area contributed by atoms with Crippen LogP contribution in [0.15, 0.2) is 48.8 Å². The van der Waals surface area contributed by atoms with Gasteiger partial charge >= 0.3 is 11.8 Å². The van der Waals surface area contributed by atoms with E-state index in [1.807, 2.05) is 0 Å². The molecule has 8 heteroatoms. The van der Waals surface area contributed by atoms with Crippen molar-refractivity contribution in [3.05, 3.63) is 60.2 Å². The predicted molar refractivity (Wildman–Crippen MR) is 104 cm³/mol. The monoisotopic (exact) mass is 385 g/mol. The van der Waals surface area contributed by atoms with E-state index in [2.05, 4.69) is 32.5 Å². The number of carbonyl (C=O) groups is 2. The Hall–Kier alpha value is -2.84. The first-order chi connectivity index (χ1) is 13.5. The summed E-state index contributed by atoms with van der Waals surface area (Å²) in [7, 11) is 2.06. The fourth-order valence-electron chi connectivity index (χ4n) is 3.17. The van der Waals surface area contributed by atoms with Crippen molar-refractivity contribution in [2.24, 2.45) is 0 Å². The molecule has 2 amide bonds. The van der Waals surface area contributed by atoms with Crippen molar-refractivity contribution < 1.29 is 14.0 Å². The summed E-state index contributed by atoms with van der Waals surface area (Å²) >= 11 is 0. The van der Waals surface area contributed by atoms with E-state index in [0.717, 1.165) is 31.7 Å². The quantitative estimate of drug-likeness (QED) is 0.758. The Morgan fingerprint density at radius 1 is 1.11 bits per heavy atom. The van der Waals surface area contributed by atoms with Crippen LogP contribution in [0, 0.1) is 5.82 Å². The number of hydrogen-bond acceptors (Lipinski definition) is 5. The fraction of sp³-hybridized carbons (Fsp3) is 0.350. The van der Waals surface area contributed by atoms with Crippen molar-refractivity contribution in [1.82, 2.24) is 20.1 Å². The van der Waals surface area contributed by atoms with E-state index in [1.54, 1.807) is 30.5 Å². The van der Waals surface area contributed by atoms with Crippen LogP contribution in [0.2, 0.25) is 0 Å². The lowest BCUT2D eigenvalue weighted by Gasteiger charge is -2.38. The Morgan fingerprint density at radius 3 is 2.46 bits per heavy atom. The number of carbonyl (C=O) groups excluding carboxylic acids is 2. The molecule has 1 atom stereocenters. The van der Waals surface area contributed by atoms with Crippen molar-refractivity contribution >= 4 is 17.5 Å². The molecule has 1 saturated heterocycles. The maximum Gasteiger partial charge on any atom is 0.313 e. The van der Waals surface area contributed by atoms with Gasteiger partial charge in [0.15, 0.2) is 0 Å². The lowest BCUT2D eigenvalue weighted by molar-refractivity contribution is -0.136. The zero-order valence-corrected chi connectivity index (χ0v) is 15.8. The van der Waals surface area contributed by atoms with E-state index in [4.69, 9.17) is 0 Å². The highest BCUT2D eigenvalue weighted by atomic mass is 19.1. The second kappa shape index (κ2) is 9.38. The molecule has 1 aliphatic rings. The van der Waals surface area contributed by atoms with Gasteiger partial charge in [-0.25, -0.2) is 4.39 Å². The van der Waals surface area contributed by atoms with Crippen LogP contribution < -0.4 is 10.6 Å². The number of aromatic nitrogens is 1. The molecule has 2 aromatic rings. The van der Waals surface area contributed by atoms with E-state index >= 15 is 0 Å². The molecule has 2 N–H and O–H groups in total. The molecule has 0 bridgehead atoms. The summed E-state index contributed by atoms with van der Waals surface area (Å²) in [5.41, 5.74) is 1.36. The van der Waals surface area contributed by atoms with Crippen LogP contribution in [-0.4, -0.2) is 66.4 Å². The summed E-state index contributed by atoms with van der Waals surface area (Å²) in [5, 5.41) is 5.22. The van der Waals surface area contributed by atoms with Gasteiger partial charge in [-0.05, 0) is 36.9 Å². The van der Waals surface area contributed by atoms with Crippen LogP contribution in [0.1, 0.15) is 11.6 Å². The number of amides is 2. The molecule has 2 heterocycles. The molecule has 1 aromatic heterocycles. The third kappa shape index (κ3) is 5.34. The van der Waals surface area contributed by atoms with Crippen LogP contribution in [0.25, 0.3) is 0 Å². The zero-order valence-electron chi connectivity index (χ0n) is 15.8. The number of rotatable bonds is 5. The number of likely N-dealkylation sites (N-methyl/N-ethyl adjacent to an activating group) is 1. The van der Waals surface area contributed by atoms with Crippen molar-refractivity contribution in [3.63, 3.8) is 0 Å². The van der Waals surface area contributed by atoms with Gasteiger partial charge in [0.2, 0.25) is 0 Å². The number of anilines is 1. The van der Waals surface area contributed by atoms with Crippen LogP contribution in [0.5, 0.6) is 0 Å².